The van der Waals surface area contributed by atoms with Gasteiger partial charge >= 0.3 is 0 Å². The zero-order valence-corrected chi connectivity index (χ0v) is 10.6. The molecule has 90 valence electrons. The van der Waals surface area contributed by atoms with Crippen molar-refractivity contribution < 1.29 is 0 Å². The molecule has 3 rings (SSSR count). The smallest absolute Gasteiger partial charge is 0.00761 e. The molecule has 0 unspecified atom stereocenters. The molecule has 0 saturated carbocycles. The van der Waals surface area contributed by atoms with Crippen molar-refractivity contribution in [3.63, 3.8) is 0 Å². The molecule has 3 aromatic carbocycles. The maximum absolute atomic E-state index is 2.20. The lowest BCUT2D eigenvalue weighted by Crippen LogP contribution is -1.85. The van der Waals surface area contributed by atoms with Crippen molar-refractivity contribution in [3.05, 3.63) is 72.3 Å². The third-order valence-corrected chi connectivity index (χ3v) is 3.20. The molecule has 0 aliphatic heterocycles. The van der Waals surface area contributed by atoms with Crippen LogP contribution in [-0.4, -0.2) is 0 Å². The lowest BCUT2D eigenvalue weighted by molar-refractivity contribution is 1.49. The highest BCUT2D eigenvalue weighted by atomic mass is 14.1. The molecule has 0 amide bonds. The van der Waals surface area contributed by atoms with Gasteiger partial charge in [0.25, 0.3) is 0 Å². The number of benzene rings is 3. The van der Waals surface area contributed by atoms with E-state index in [9.17, 15) is 0 Å². The van der Waals surface area contributed by atoms with Crippen LogP contribution in [0.25, 0.3) is 21.9 Å². The zero-order chi connectivity index (χ0) is 11.7. The van der Waals surface area contributed by atoms with Gasteiger partial charge in [0.05, 0.1) is 0 Å². The fourth-order valence-electron chi connectivity index (χ4n) is 2.37. The van der Waals surface area contributed by atoms with Gasteiger partial charge in [0.15, 0.2) is 0 Å². The van der Waals surface area contributed by atoms with Gasteiger partial charge in [0.1, 0.15) is 0 Å². The molecule has 0 fully saturated rings. The van der Waals surface area contributed by atoms with E-state index >= 15 is 0 Å². The average molecular weight is 235 g/mol. The Morgan fingerprint density at radius 2 is 1.33 bits per heavy atom. The van der Waals surface area contributed by atoms with Crippen molar-refractivity contribution in [1.82, 2.24) is 6.15 Å². The molecule has 0 bridgehead atoms. The number of aryl methyl sites for hydroxylation is 1. The van der Waals surface area contributed by atoms with E-state index < -0.39 is 0 Å². The maximum atomic E-state index is 2.20. The van der Waals surface area contributed by atoms with Gasteiger partial charge in [-0.3, -0.25) is 0 Å². The van der Waals surface area contributed by atoms with E-state index in [2.05, 4.69) is 73.7 Å². The van der Waals surface area contributed by atoms with Gasteiger partial charge in [-0.2, -0.15) is 0 Å². The largest absolute Gasteiger partial charge is 0.344 e. The quantitative estimate of drug-likeness (QED) is 0.634. The molecule has 0 saturated heterocycles. The summed E-state index contributed by atoms with van der Waals surface area (Å²) in [6.45, 7) is 2.18. The molecule has 0 heterocycles. The van der Waals surface area contributed by atoms with Crippen LogP contribution in [0.3, 0.4) is 0 Å². The summed E-state index contributed by atoms with van der Waals surface area (Å²) in [5.74, 6) is 0. The summed E-state index contributed by atoms with van der Waals surface area (Å²) in [6, 6.07) is 23.6. The highest BCUT2D eigenvalue weighted by molar-refractivity contribution is 5.98. The Balaban J connectivity index is 0.00000120. The first-order chi connectivity index (χ1) is 8.36. The first-order valence-electron chi connectivity index (χ1n) is 5.90. The molecule has 0 atom stereocenters. The summed E-state index contributed by atoms with van der Waals surface area (Å²) < 4.78 is 0. The number of rotatable bonds is 1. The molecular formula is C17H17N. The molecule has 0 spiro atoms. The second-order valence-corrected chi connectivity index (χ2v) is 4.34. The molecule has 0 radical (unpaired) electrons. The molecule has 3 aromatic rings. The molecule has 1 heteroatoms. The minimum atomic E-state index is 0. The van der Waals surface area contributed by atoms with Crippen LogP contribution in [0.2, 0.25) is 0 Å². The Hall–Kier alpha value is -2.12. The van der Waals surface area contributed by atoms with E-state index in [0.29, 0.717) is 0 Å². The zero-order valence-electron chi connectivity index (χ0n) is 10.6. The molecule has 3 N–H and O–H groups in total. The van der Waals surface area contributed by atoms with E-state index in [-0.39, 0.29) is 6.15 Å². The molecule has 1 nitrogen and oxygen atoms in total. The van der Waals surface area contributed by atoms with Crippen LogP contribution in [0, 0.1) is 6.92 Å². The SMILES string of the molecule is Cc1ccc2ccccc2c1-c1ccccc1.N. The normalized spacial score (nSPS) is 10.1. The Morgan fingerprint density at radius 3 is 2.11 bits per heavy atom. The van der Waals surface area contributed by atoms with Crippen molar-refractivity contribution in [1.29, 1.82) is 0 Å². The highest BCUT2D eigenvalue weighted by Gasteiger charge is 2.05. The minimum absolute atomic E-state index is 0. The van der Waals surface area contributed by atoms with Gasteiger partial charge in [-0.15, -0.1) is 0 Å². The van der Waals surface area contributed by atoms with Gasteiger partial charge in [-0.05, 0) is 34.4 Å². The molecule has 0 aliphatic carbocycles. The van der Waals surface area contributed by atoms with E-state index in [1.54, 1.807) is 0 Å². The van der Waals surface area contributed by atoms with Crippen molar-refractivity contribution in [2.45, 2.75) is 6.92 Å². The summed E-state index contributed by atoms with van der Waals surface area (Å²) in [5.41, 5.74) is 3.97. The average Bonchev–Trinajstić information content (AvgIpc) is 2.39. The second-order valence-electron chi connectivity index (χ2n) is 4.34. The van der Waals surface area contributed by atoms with E-state index in [1.165, 1.54) is 27.5 Å². The summed E-state index contributed by atoms with van der Waals surface area (Å²) in [4.78, 5) is 0. The summed E-state index contributed by atoms with van der Waals surface area (Å²) >= 11 is 0. The topological polar surface area (TPSA) is 35.0 Å². The number of hydrogen-bond donors (Lipinski definition) is 1. The lowest BCUT2D eigenvalue weighted by Gasteiger charge is -2.10. The lowest BCUT2D eigenvalue weighted by atomic mass is 9.94. The molecule has 18 heavy (non-hydrogen) atoms. The van der Waals surface area contributed by atoms with Gasteiger partial charge in [-0.1, -0.05) is 66.7 Å². The van der Waals surface area contributed by atoms with E-state index in [1.807, 2.05) is 0 Å². The Morgan fingerprint density at radius 1 is 0.667 bits per heavy atom. The fraction of sp³-hybridized carbons (Fsp3) is 0.0588. The van der Waals surface area contributed by atoms with Crippen LogP contribution in [0.5, 0.6) is 0 Å². The molecule has 0 aliphatic rings. The van der Waals surface area contributed by atoms with Gasteiger partial charge in [-0.25, -0.2) is 0 Å². The standard InChI is InChI=1S/C17H14.H3N/c1-13-11-12-14-7-5-6-10-16(14)17(13)15-8-3-2-4-9-15;/h2-12H,1H3;1H3. The van der Waals surface area contributed by atoms with Crippen LogP contribution in [0.1, 0.15) is 5.56 Å². The van der Waals surface area contributed by atoms with Crippen molar-refractivity contribution >= 4 is 10.8 Å². The van der Waals surface area contributed by atoms with Crippen molar-refractivity contribution in [2.24, 2.45) is 0 Å². The van der Waals surface area contributed by atoms with Crippen LogP contribution in [0.15, 0.2) is 66.7 Å². The summed E-state index contributed by atoms with van der Waals surface area (Å²) in [7, 11) is 0. The molecule has 0 aromatic heterocycles. The predicted molar refractivity (Wildman–Crippen MR) is 79.1 cm³/mol. The predicted octanol–water partition coefficient (Wildman–Crippen LogP) is 4.98. The Bertz CT molecular complexity index is 657. The van der Waals surface area contributed by atoms with Crippen molar-refractivity contribution in [2.75, 3.05) is 0 Å². The fourth-order valence-corrected chi connectivity index (χ4v) is 2.37. The minimum Gasteiger partial charge on any atom is -0.344 e. The number of fused-ring (bicyclic) bond motifs is 1. The maximum Gasteiger partial charge on any atom is -0.00761 e. The van der Waals surface area contributed by atoms with E-state index in [4.69, 9.17) is 0 Å². The monoisotopic (exact) mass is 235 g/mol. The third kappa shape index (κ3) is 2.01. The summed E-state index contributed by atoms with van der Waals surface area (Å²) in [5, 5.41) is 2.63. The van der Waals surface area contributed by atoms with Gasteiger partial charge in [0, 0.05) is 0 Å². The van der Waals surface area contributed by atoms with Gasteiger partial charge < -0.3 is 6.15 Å². The third-order valence-electron chi connectivity index (χ3n) is 3.20. The summed E-state index contributed by atoms with van der Waals surface area (Å²) in [6.07, 6.45) is 0. The van der Waals surface area contributed by atoms with Crippen molar-refractivity contribution in [3.8, 4) is 11.1 Å². The van der Waals surface area contributed by atoms with Crippen LogP contribution in [-0.2, 0) is 0 Å². The second kappa shape index (κ2) is 5.03. The Labute approximate surface area is 108 Å². The van der Waals surface area contributed by atoms with E-state index in [0.717, 1.165) is 0 Å². The number of hydrogen-bond acceptors (Lipinski definition) is 1. The Kier molecular flexibility index (Phi) is 3.45. The van der Waals surface area contributed by atoms with Crippen LogP contribution >= 0.6 is 0 Å². The van der Waals surface area contributed by atoms with Crippen LogP contribution in [0.4, 0.5) is 0 Å². The van der Waals surface area contributed by atoms with Crippen LogP contribution < -0.4 is 6.15 Å². The van der Waals surface area contributed by atoms with Gasteiger partial charge in [0.2, 0.25) is 0 Å². The highest BCUT2D eigenvalue weighted by Crippen LogP contribution is 2.31. The molecular weight excluding hydrogens is 218 g/mol. The first kappa shape index (κ1) is 12.3. The first-order valence-corrected chi connectivity index (χ1v) is 5.90.